The molecule has 0 unspecified atom stereocenters. The summed E-state index contributed by atoms with van der Waals surface area (Å²) in [4.78, 5) is 0. The molecule has 0 atom stereocenters. The number of hydrogen-bond donors (Lipinski definition) is 0. The summed E-state index contributed by atoms with van der Waals surface area (Å²) in [6.45, 7) is 0. The quantitative estimate of drug-likeness (QED) is 0.562. The Morgan fingerprint density at radius 3 is 0.833 bits per heavy atom. The first-order valence-corrected chi connectivity index (χ1v) is 1.27. The minimum absolute atomic E-state index is 0. The topological polar surface area (TPSA) is 34.1 Å². The molecule has 0 aliphatic carbocycles. The maximum absolute atomic E-state index is 8.06. The molecule has 0 aromatic heterocycles. The second kappa shape index (κ2) is 78.6. The Labute approximate surface area is 72.4 Å². The van der Waals surface area contributed by atoms with Crippen molar-refractivity contribution >= 4 is 0 Å². The second-order valence-corrected chi connectivity index (χ2v) is 0. The van der Waals surface area contributed by atoms with Crippen molar-refractivity contribution in [3.63, 3.8) is 0 Å². The third-order valence-corrected chi connectivity index (χ3v) is 0. The standard InChI is InChI=1S/Co.2Mn.Ni.2O. The molecule has 0 bridgehead atoms. The van der Waals surface area contributed by atoms with Gasteiger partial charge in [0.2, 0.25) is 0 Å². The summed E-state index contributed by atoms with van der Waals surface area (Å²) in [6, 6.07) is 0. The van der Waals surface area contributed by atoms with Gasteiger partial charge in [-0.25, -0.2) is 0 Å². The Morgan fingerprint density at radius 2 is 0.833 bits per heavy atom. The van der Waals surface area contributed by atoms with Crippen LogP contribution in [0.1, 0.15) is 0 Å². The average molecular weight is 260 g/mol. The summed E-state index contributed by atoms with van der Waals surface area (Å²) in [5, 5.41) is 0. The van der Waals surface area contributed by atoms with E-state index in [0.29, 0.717) is 0 Å². The molecule has 0 amide bonds. The van der Waals surface area contributed by atoms with Crippen LogP contribution in [0.15, 0.2) is 0 Å². The zero-order valence-corrected chi connectivity index (χ0v) is 6.61. The molecule has 0 spiro atoms. The normalized spacial score (nSPS) is 1.33. The van der Waals surface area contributed by atoms with Gasteiger partial charge >= 0.3 is 39.6 Å². The molecule has 0 saturated heterocycles. The third kappa shape index (κ3) is 45.2. The summed E-state index contributed by atoms with van der Waals surface area (Å²) in [5.74, 6) is 0. The predicted molar refractivity (Wildman–Crippen MR) is 1.37 cm³/mol. The molecule has 0 aliphatic heterocycles. The summed E-state index contributed by atoms with van der Waals surface area (Å²) < 4.78 is 16.1. The molecule has 0 aromatic rings. The van der Waals surface area contributed by atoms with Gasteiger partial charge in [-0.2, -0.15) is 0 Å². The van der Waals surface area contributed by atoms with Gasteiger partial charge < -0.3 is 0 Å². The van der Waals surface area contributed by atoms with E-state index in [0.717, 1.165) is 0 Å². The van der Waals surface area contributed by atoms with E-state index in [2.05, 4.69) is 0 Å². The van der Waals surface area contributed by atoms with E-state index in [1.165, 1.54) is 0 Å². The van der Waals surface area contributed by atoms with Crippen molar-refractivity contribution in [3.05, 3.63) is 0 Å². The van der Waals surface area contributed by atoms with Crippen LogP contribution >= 0.6 is 0 Å². The zero-order valence-electron chi connectivity index (χ0n) is 2.22. The van der Waals surface area contributed by atoms with Crippen LogP contribution in [0.2, 0.25) is 0 Å². The fourth-order valence-electron chi connectivity index (χ4n) is 0. The molecule has 0 aromatic carbocycles. The van der Waals surface area contributed by atoms with Gasteiger partial charge in [0.1, 0.15) is 0 Å². The van der Waals surface area contributed by atoms with Gasteiger partial charge in [-0.1, -0.05) is 0 Å². The molecular weight excluding hydrogens is 260 g/mol. The van der Waals surface area contributed by atoms with Crippen molar-refractivity contribution in [1.82, 2.24) is 0 Å². The Balaban J connectivity index is -0.00000000500. The molecule has 0 rings (SSSR count). The Kier molecular flexibility index (Phi) is 333. The fraction of sp³-hybridized carbons (Fsp3) is 0. The molecule has 6 heavy (non-hydrogen) atoms. The van der Waals surface area contributed by atoms with Gasteiger partial charge in [0.05, 0.1) is 0 Å². The number of rotatable bonds is 0. The van der Waals surface area contributed by atoms with Crippen LogP contribution in [-0.4, -0.2) is 0 Å². The molecule has 0 N–H and O–H groups in total. The third-order valence-electron chi connectivity index (χ3n) is 0. The monoisotopic (exact) mass is 259 g/mol. The Hall–Kier alpha value is 1.64. The molecular formula is CoMn2NiO2. The van der Waals surface area contributed by atoms with E-state index in [4.69, 9.17) is 7.67 Å². The number of hydrogen-bond acceptors (Lipinski definition) is 2. The summed E-state index contributed by atoms with van der Waals surface area (Å²) in [7, 11) is 0. The molecule has 0 saturated carbocycles. The van der Waals surface area contributed by atoms with Crippen LogP contribution in [0, 0.1) is 0 Å². The Morgan fingerprint density at radius 1 is 0.833 bits per heavy atom. The maximum atomic E-state index is 8.06. The molecule has 6 heteroatoms. The average Bonchev–Trinajstić information content (AvgIpc) is 1.50. The molecule has 0 aliphatic rings. The van der Waals surface area contributed by atoms with E-state index in [9.17, 15) is 0 Å². The van der Waals surface area contributed by atoms with Gasteiger partial charge in [-0.15, -0.1) is 0 Å². The molecule has 2 nitrogen and oxygen atoms in total. The van der Waals surface area contributed by atoms with Gasteiger partial charge in [0.15, 0.2) is 0 Å². The van der Waals surface area contributed by atoms with Crippen molar-refractivity contribution in [2.75, 3.05) is 0 Å². The van der Waals surface area contributed by atoms with Crippen LogP contribution in [-0.2, 0) is 72.8 Å². The molecule has 0 heterocycles. The van der Waals surface area contributed by atoms with E-state index in [1.54, 1.807) is 31.9 Å². The summed E-state index contributed by atoms with van der Waals surface area (Å²) in [6.07, 6.45) is 0. The van der Waals surface area contributed by atoms with Gasteiger partial charge in [-0.3, -0.25) is 0 Å². The Bertz CT molecular complexity index is 13.5. The van der Waals surface area contributed by atoms with Crippen molar-refractivity contribution in [2.24, 2.45) is 0 Å². The van der Waals surface area contributed by atoms with E-state index < -0.39 is 0 Å². The predicted octanol–water partition coefficient (Wildman–Crippen LogP) is -0.248. The summed E-state index contributed by atoms with van der Waals surface area (Å²) >= 11 is 3.38. The van der Waals surface area contributed by atoms with Crippen LogP contribution in [0.4, 0.5) is 0 Å². The van der Waals surface area contributed by atoms with E-state index in [1.807, 2.05) is 0 Å². The van der Waals surface area contributed by atoms with Crippen molar-refractivity contribution < 1.29 is 72.8 Å². The van der Waals surface area contributed by atoms with Gasteiger partial charge in [0.25, 0.3) is 0 Å². The van der Waals surface area contributed by atoms with Crippen molar-refractivity contribution in [1.29, 1.82) is 0 Å². The first-order chi connectivity index (χ1) is 2.00. The van der Waals surface area contributed by atoms with Crippen LogP contribution in [0.5, 0.6) is 0 Å². The van der Waals surface area contributed by atoms with Crippen LogP contribution in [0.25, 0.3) is 0 Å². The van der Waals surface area contributed by atoms with Crippen LogP contribution in [0.3, 0.4) is 0 Å². The first-order valence-electron chi connectivity index (χ1n) is 0.309. The molecule has 1 radical (unpaired) electrons. The molecule has 0 fully saturated rings. The van der Waals surface area contributed by atoms with Gasteiger partial charge in [0, 0.05) is 33.3 Å². The van der Waals surface area contributed by atoms with E-state index >= 15 is 0 Å². The fourth-order valence-corrected chi connectivity index (χ4v) is 0. The van der Waals surface area contributed by atoms with Gasteiger partial charge in [-0.05, 0) is 0 Å². The summed E-state index contributed by atoms with van der Waals surface area (Å²) in [5.41, 5.74) is 0. The SMILES string of the molecule is [Co].[Ni].[O]=[Mn].[O]=[Mn]. The first kappa shape index (κ1) is 25.4. The second-order valence-electron chi connectivity index (χ2n) is 0. The van der Waals surface area contributed by atoms with Crippen LogP contribution < -0.4 is 0 Å². The molecule has 45 valence electrons. The van der Waals surface area contributed by atoms with E-state index in [-0.39, 0.29) is 33.3 Å². The minimum atomic E-state index is 0. The van der Waals surface area contributed by atoms with Crippen molar-refractivity contribution in [3.8, 4) is 0 Å². The zero-order chi connectivity index (χ0) is 4.00. The van der Waals surface area contributed by atoms with Crippen molar-refractivity contribution in [2.45, 2.75) is 0 Å².